The number of allylic oxidation sites excluding steroid dienone is 1. The summed E-state index contributed by atoms with van der Waals surface area (Å²) in [7, 11) is 1.31. The van der Waals surface area contributed by atoms with E-state index in [1.165, 1.54) is 19.2 Å². The highest BCUT2D eigenvalue weighted by Gasteiger charge is 2.29. The number of esters is 2. The molecule has 1 aromatic heterocycles. The lowest BCUT2D eigenvalue weighted by Gasteiger charge is -2.06. The Morgan fingerprint density at radius 2 is 1.70 bits per heavy atom. The molecule has 0 atom stereocenters. The highest BCUT2D eigenvalue weighted by Crippen LogP contribution is 2.36. The SMILES string of the molecule is CCOc1ccc2oc(C)c(C(=O)Oc3ccc4c(c3)O/C(=C\c3ccc(C(=O)OC)cc3)C4=O)c2c1. The topological polar surface area (TPSA) is 101 Å². The Labute approximate surface area is 212 Å². The van der Waals surface area contributed by atoms with Crippen molar-refractivity contribution in [3.05, 3.63) is 94.4 Å². The van der Waals surface area contributed by atoms with Gasteiger partial charge in [-0.1, -0.05) is 12.1 Å². The summed E-state index contributed by atoms with van der Waals surface area (Å²) in [5.74, 6) is 0.300. The zero-order valence-corrected chi connectivity index (χ0v) is 20.3. The van der Waals surface area contributed by atoms with E-state index in [0.29, 0.717) is 51.3 Å². The highest BCUT2D eigenvalue weighted by atomic mass is 16.5. The van der Waals surface area contributed by atoms with Crippen LogP contribution < -0.4 is 14.2 Å². The average molecular weight is 498 g/mol. The Balaban J connectivity index is 1.37. The summed E-state index contributed by atoms with van der Waals surface area (Å²) < 4.78 is 27.3. The lowest BCUT2D eigenvalue weighted by atomic mass is 10.1. The van der Waals surface area contributed by atoms with Gasteiger partial charge in [0.1, 0.15) is 34.2 Å². The molecule has 0 amide bonds. The van der Waals surface area contributed by atoms with E-state index in [1.807, 2.05) is 6.92 Å². The van der Waals surface area contributed by atoms with Crippen LogP contribution in [-0.2, 0) is 4.74 Å². The van der Waals surface area contributed by atoms with Crippen LogP contribution >= 0.6 is 0 Å². The van der Waals surface area contributed by atoms with Crippen molar-refractivity contribution >= 4 is 34.8 Å². The van der Waals surface area contributed by atoms with E-state index in [9.17, 15) is 14.4 Å². The van der Waals surface area contributed by atoms with Crippen LogP contribution in [0, 0.1) is 6.92 Å². The molecule has 0 aliphatic carbocycles. The summed E-state index contributed by atoms with van der Waals surface area (Å²) in [6.45, 7) is 4.06. The van der Waals surface area contributed by atoms with Crippen molar-refractivity contribution in [2.75, 3.05) is 13.7 Å². The van der Waals surface area contributed by atoms with Crippen LogP contribution in [0.5, 0.6) is 17.2 Å². The molecule has 1 aliphatic heterocycles. The molecular formula is C29H22O8. The number of fused-ring (bicyclic) bond motifs is 2. The standard InChI is InChI=1S/C29H22O8/c1-4-34-19-10-12-23-22(14-19)26(16(2)35-23)29(32)36-20-9-11-21-24(15-20)37-25(27(21)30)13-17-5-7-18(8-6-17)28(31)33-3/h5-15H,4H2,1-3H3/b25-13-. The van der Waals surface area contributed by atoms with Gasteiger partial charge in [-0.2, -0.15) is 0 Å². The maximum atomic E-state index is 13.1. The number of hydrogen-bond donors (Lipinski definition) is 0. The van der Waals surface area contributed by atoms with Gasteiger partial charge in [0.05, 0.1) is 24.8 Å². The van der Waals surface area contributed by atoms with Gasteiger partial charge in [0.15, 0.2) is 5.76 Å². The van der Waals surface area contributed by atoms with Crippen LogP contribution in [0.3, 0.4) is 0 Å². The lowest BCUT2D eigenvalue weighted by molar-refractivity contribution is 0.0600. The third kappa shape index (κ3) is 4.56. The first-order valence-electron chi connectivity index (χ1n) is 11.5. The fraction of sp³-hybridized carbons (Fsp3) is 0.138. The second-order valence-corrected chi connectivity index (χ2v) is 8.23. The minimum absolute atomic E-state index is 0.115. The van der Waals surface area contributed by atoms with Crippen LogP contribution in [0.2, 0.25) is 0 Å². The van der Waals surface area contributed by atoms with Gasteiger partial charge in [0, 0.05) is 11.5 Å². The van der Waals surface area contributed by atoms with Gasteiger partial charge in [-0.15, -0.1) is 0 Å². The number of ether oxygens (including phenoxy) is 4. The van der Waals surface area contributed by atoms with Crippen LogP contribution in [0.4, 0.5) is 0 Å². The van der Waals surface area contributed by atoms with Crippen molar-refractivity contribution in [3.8, 4) is 17.2 Å². The molecule has 0 spiro atoms. The van der Waals surface area contributed by atoms with Crippen molar-refractivity contribution in [2.24, 2.45) is 0 Å². The molecule has 0 unspecified atom stereocenters. The second kappa shape index (κ2) is 9.66. The first-order chi connectivity index (χ1) is 17.9. The summed E-state index contributed by atoms with van der Waals surface area (Å²) in [5, 5.41) is 0.587. The highest BCUT2D eigenvalue weighted by molar-refractivity contribution is 6.14. The quantitative estimate of drug-likeness (QED) is 0.188. The molecule has 0 N–H and O–H groups in total. The van der Waals surface area contributed by atoms with Gasteiger partial charge < -0.3 is 23.4 Å². The number of hydrogen-bond acceptors (Lipinski definition) is 8. The Morgan fingerprint density at radius 3 is 2.43 bits per heavy atom. The summed E-state index contributed by atoms with van der Waals surface area (Å²) in [6.07, 6.45) is 1.58. The Morgan fingerprint density at radius 1 is 0.946 bits per heavy atom. The smallest absolute Gasteiger partial charge is 0.347 e. The number of methoxy groups -OCH3 is 1. The molecule has 0 fully saturated rings. The van der Waals surface area contributed by atoms with E-state index in [2.05, 4.69) is 0 Å². The van der Waals surface area contributed by atoms with E-state index in [0.717, 1.165) is 0 Å². The van der Waals surface area contributed by atoms with Crippen LogP contribution in [0.1, 0.15) is 49.3 Å². The number of carbonyl (C=O) groups excluding carboxylic acids is 3. The van der Waals surface area contributed by atoms with E-state index in [4.69, 9.17) is 23.4 Å². The van der Waals surface area contributed by atoms with Crippen molar-refractivity contribution in [3.63, 3.8) is 0 Å². The van der Waals surface area contributed by atoms with E-state index in [1.54, 1.807) is 61.5 Å². The predicted molar refractivity (Wildman–Crippen MR) is 134 cm³/mol. The number of carbonyl (C=O) groups is 3. The largest absolute Gasteiger partial charge is 0.494 e. The van der Waals surface area contributed by atoms with Crippen LogP contribution in [0.15, 0.2) is 70.8 Å². The molecule has 0 radical (unpaired) electrons. The van der Waals surface area contributed by atoms with Gasteiger partial charge in [0.25, 0.3) is 0 Å². The van der Waals surface area contributed by atoms with Gasteiger partial charge >= 0.3 is 11.9 Å². The third-order valence-electron chi connectivity index (χ3n) is 5.83. The van der Waals surface area contributed by atoms with Gasteiger partial charge in [0.2, 0.25) is 5.78 Å². The van der Waals surface area contributed by atoms with Gasteiger partial charge in [-0.3, -0.25) is 4.79 Å². The van der Waals surface area contributed by atoms with E-state index >= 15 is 0 Å². The van der Waals surface area contributed by atoms with Gasteiger partial charge in [-0.05, 0) is 68.0 Å². The number of Topliss-reactive ketones (excluding diaryl/α,β-unsaturated/α-hetero) is 1. The molecule has 5 rings (SSSR count). The van der Waals surface area contributed by atoms with Crippen molar-refractivity contribution < 1.29 is 37.7 Å². The minimum Gasteiger partial charge on any atom is -0.494 e. The molecule has 4 aromatic rings. The molecule has 2 heterocycles. The van der Waals surface area contributed by atoms with Crippen LogP contribution in [0.25, 0.3) is 17.0 Å². The summed E-state index contributed by atoms with van der Waals surface area (Å²) >= 11 is 0. The third-order valence-corrected chi connectivity index (χ3v) is 5.83. The number of benzene rings is 3. The minimum atomic E-state index is -0.601. The van der Waals surface area contributed by atoms with E-state index in [-0.39, 0.29) is 23.0 Å². The molecule has 186 valence electrons. The predicted octanol–water partition coefficient (Wildman–Crippen LogP) is 5.76. The molecular weight excluding hydrogens is 476 g/mol. The van der Waals surface area contributed by atoms with Crippen molar-refractivity contribution in [1.82, 2.24) is 0 Å². The first kappa shape index (κ1) is 23.9. The average Bonchev–Trinajstić information content (AvgIpc) is 3.38. The molecule has 8 heteroatoms. The zero-order valence-electron chi connectivity index (χ0n) is 20.3. The molecule has 37 heavy (non-hydrogen) atoms. The fourth-order valence-electron chi connectivity index (χ4n) is 4.08. The molecule has 1 aliphatic rings. The Kier molecular flexibility index (Phi) is 6.23. The Hall–Kier alpha value is -4.85. The maximum absolute atomic E-state index is 13.1. The molecule has 0 saturated heterocycles. The van der Waals surface area contributed by atoms with Crippen LogP contribution in [-0.4, -0.2) is 31.4 Å². The number of furan rings is 1. The zero-order chi connectivity index (χ0) is 26.1. The molecule has 0 bridgehead atoms. The molecule has 8 nitrogen and oxygen atoms in total. The fourth-order valence-corrected chi connectivity index (χ4v) is 4.08. The molecule has 0 saturated carbocycles. The first-order valence-corrected chi connectivity index (χ1v) is 11.5. The monoisotopic (exact) mass is 498 g/mol. The van der Waals surface area contributed by atoms with Crippen molar-refractivity contribution in [1.29, 1.82) is 0 Å². The number of aryl methyl sites for hydroxylation is 1. The normalized spacial score (nSPS) is 13.4. The summed E-state index contributed by atoms with van der Waals surface area (Å²) in [4.78, 5) is 37.5. The summed E-state index contributed by atoms with van der Waals surface area (Å²) in [6, 6.07) is 16.4. The number of rotatable bonds is 6. The van der Waals surface area contributed by atoms with Gasteiger partial charge in [-0.25, -0.2) is 9.59 Å². The second-order valence-electron chi connectivity index (χ2n) is 8.23. The Bertz CT molecular complexity index is 1570. The van der Waals surface area contributed by atoms with Crippen molar-refractivity contribution in [2.45, 2.75) is 13.8 Å². The summed E-state index contributed by atoms with van der Waals surface area (Å²) in [5.41, 5.74) is 2.26. The maximum Gasteiger partial charge on any atom is 0.347 e. The van der Waals surface area contributed by atoms with E-state index < -0.39 is 11.9 Å². The number of ketones is 1. The lowest BCUT2D eigenvalue weighted by Crippen LogP contribution is -2.09. The molecule has 3 aromatic carbocycles.